The van der Waals surface area contributed by atoms with E-state index in [0.29, 0.717) is 73.3 Å². The smallest absolute Gasteiger partial charge is 0.387 e. The first-order chi connectivity index (χ1) is 27.9. The number of hydrogen-bond acceptors (Lipinski definition) is 11. The monoisotopic (exact) mass is 799 g/mol. The molecule has 0 aliphatic carbocycles. The zero-order valence-corrected chi connectivity index (χ0v) is 31.8. The van der Waals surface area contributed by atoms with Gasteiger partial charge >= 0.3 is 12.6 Å². The van der Waals surface area contributed by atoms with E-state index in [1.54, 1.807) is 18.3 Å². The number of piperidine rings is 1. The number of rotatable bonds is 12. The van der Waals surface area contributed by atoms with Crippen LogP contribution in [0.1, 0.15) is 53.8 Å². The minimum atomic E-state index is -3.06. The highest BCUT2D eigenvalue weighted by Gasteiger charge is 2.27. The molecule has 16 heteroatoms. The Morgan fingerprint density at radius 2 is 1.62 bits per heavy atom. The van der Waals surface area contributed by atoms with Crippen molar-refractivity contribution in [3.05, 3.63) is 88.9 Å². The number of aliphatic hydroxyl groups excluding tert-OH is 1. The molecule has 3 aromatic carbocycles. The molecule has 8 rings (SSSR count). The van der Waals surface area contributed by atoms with Gasteiger partial charge in [0, 0.05) is 55.3 Å². The third-order valence-corrected chi connectivity index (χ3v) is 11.0. The Hall–Kier alpha value is -5.71. The molecule has 3 N–H and O–H groups in total. The molecule has 2 saturated heterocycles. The summed E-state index contributed by atoms with van der Waals surface area (Å²) in [7, 11) is 0. The summed E-state index contributed by atoms with van der Waals surface area (Å²) in [5.41, 5.74) is 7.23. The molecule has 6 aromatic rings. The van der Waals surface area contributed by atoms with Crippen LogP contribution in [0.5, 0.6) is 5.75 Å². The molecule has 3 aromatic heterocycles. The minimum absolute atomic E-state index is 0.0356. The van der Waals surface area contributed by atoms with Crippen LogP contribution in [0.15, 0.2) is 65.2 Å². The number of carboxylic acids is 1. The molecular formula is C42H41F4N7O5. The Balaban J connectivity index is 1.09. The topological polar surface area (TPSA) is 150 Å². The summed E-state index contributed by atoms with van der Waals surface area (Å²) in [6, 6.07) is 16.1. The second-order valence-corrected chi connectivity index (χ2v) is 14.9. The van der Waals surface area contributed by atoms with Crippen molar-refractivity contribution in [1.29, 1.82) is 0 Å². The van der Waals surface area contributed by atoms with Gasteiger partial charge in [-0.25, -0.2) is 23.7 Å². The molecule has 0 spiro atoms. The molecule has 0 radical (unpaired) electrons. The summed E-state index contributed by atoms with van der Waals surface area (Å²) in [4.78, 5) is 33.2. The van der Waals surface area contributed by atoms with Gasteiger partial charge in [-0.05, 0) is 98.3 Å². The maximum Gasteiger partial charge on any atom is 0.387 e. The van der Waals surface area contributed by atoms with Gasteiger partial charge in [0.2, 0.25) is 5.89 Å². The predicted molar refractivity (Wildman–Crippen MR) is 208 cm³/mol. The SMILES string of the molecule is Cc1c(Nc2nc(C(F)F)nc3cc(CN4CC[C@@H](O)C4)cnc23)cccc1-c1cccc(-c2nc3cc(CN4CCC(C(=O)O)CC4)c(OC(F)F)cc3o2)c1C. The van der Waals surface area contributed by atoms with Gasteiger partial charge in [0.1, 0.15) is 16.8 Å². The second kappa shape index (κ2) is 16.3. The number of carboxylic acid groups (broad SMARTS) is 1. The number of halogens is 4. The lowest BCUT2D eigenvalue weighted by molar-refractivity contribution is -0.143. The van der Waals surface area contributed by atoms with Crippen molar-refractivity contribution >= 4 is 39.6 Å². The molecule has 12 nitrogen and oxygen atoms in total. The van der Waals surface area contributed by atoms with Gasteiger partial charge in [0.05, 0.1) is 17.5 Å². The molecule has 2 fully saturated rings. The molecule has 0 saturated carbocycles. The van der Waals surface area contributed by atoms with Gasteiger partial charge in [0.15, 0.2) is 17.2 Å². The predicted octanol–water partition coefficient (Wildman–Crippen LogP) is 8.26. The van der Waals surface area contributed by atoms with E-state index in [2.05, 4.69) is 25.2 Å². The Kier molecular flexibility index (Phi) is 11.0. The molecular weight excluding hydrogens is 758 g/mol. The Labute approximate surface area is 330 Å². The molecule has 0 amide bonds. The highest BCUT2D eigenvalue weighted by atomic mass is 19.3. The van der Waals surface area contributed by atoms with Crippen molar-refractivity contribution < 1.29 is 41.7 Å². The van der Waals surface area contributed by atoms with E-state index in [4.69, 9.17) is 14.1 Å². The third-order valence-electron chi connectivity index (χ3n) is 11.0. The number of alkyl halides is 4. The molecule has 1 atom stereocenters. The number of hydrogen-bond donors (Lipinski definition) is 3. The number of oxazole rings is 1. The lowest BCUT2D eigenvalue weighted by Gasteiger charge is -2.30. The van der Waals surface area contributed by atoms with Gasteiger partial charge in [-0.2, -0.15) is 8.78 Å². The quantitative estimate of drug-likeness (QED) is 0.102. The van der Waals surface area contributed by atoms with Crippen LogP contribution in [0, 0.1) is 19.8 Å². The Morgan fingerprint density at radius 1 is 0.897 bits per heavy atom. The molecule has 58 heavy (non-hydrogen) atoms. The van der Waals surface area contributed by atoms with Crippen LogP contribution in [0.25, 0.3) is 44.7 Å². The number of aliphatic hydroxyl groups is 1. The fraction of sp³-hybridized carbons (Fsp3) is 0.357. The van der Waals surface area contributed by atoms with Crippen molar-refractivity contribution in [1.82, 2.24) is 29.7 Å². The van der Waals surface area contributed by atoms with Crippen LogP contribution >= 0.6 is 0 Å². The van der Waals surface area contributed by atoms with E-state index in [0.717, 1.165) is 34.4 Å². The molecule has 0 bridgehead atoms. The number of carbonyl (C=O) groups is 1. The van der Waals surface area contributed by atoms with E-state index in [1.165, 1.54) is 6.07 Å². The Morgan fingerprint density at radius 3 is 2.33 bits per heavy atom. The number of aromatic nitrogens is 4. The van der Waals surface area contributed by atoms with Crippen LogP contribution in [-0.2, 0) is 17.9 Å². The minimum Gasteiger partial charge on any atom is -0.481 e. The Bertz CT molecular complexity index is 2490. The third kappa shape index (κ3) is 8.17. The van der Waals surface area contributed by atoms with Gasteiger partial charge in [-0.15, -0.1) is 0 Å². The van der Waals surface area contributed by atoms with E-state index in [9.17, 15) is 32.6 Å². The fourth-order valence-corrected chi connectivity index (χ4v) is 7.94. The van der Waals surface area contributed by atoms with Gasteiger partial charge in [-0.3, -0.25) is 19.6 Å². The summed E-state index contributed by atoms with van der Waals surface area (Å²) in [6.07, 6.45) is -0.0225. The standard InChI is InChI=1S/C42H41F4N7O5/c1-22-28(5-3-7-30(22)40-50-32-16-26(34(58-42(45)46)17-35(32)57-40)20-52-12-9-25(10-13-52)41(55)56)29-6-4-8-31(23(29)2)48-38-36-33(49-39(51-38)37(43)44)15-24(18-47-36)19-53-14-11-27(54)21-53/h3-8,15-18,25,27,37,42,54H,9-14,19-21H2,1-2H3,(H,55,56)(H,48,49,51)/t27-/m1/s1. The first-order valence-electron chi connectivity index (χ1n) is 19.1. The molecule has 0 unspecified atom stereocenters. The number of nitrogens with zero attached hydrogens (tertiary/aromatic N) is 6. The summed E-state index contributed by atoms with van der Waals surface area (Å²) in [5, 5.41) is 22.6. The highest BCUT2D eigenvalue weighted by molar-refractivity contribution is 5.89. The van der Waals surface area contributed by atoms with E-state index in [1.807, 2.05) is 55.1 Å². The summed E-state index contributed by atoms with van der Waals surface area (Å²) >= 11 is 0. The molecule has 302 valence electrons. The molecule has 5 heterocycles. The number of aliphatic carboxylic acids is 1. The van der Waals surface area contributed by atoms with Crippen molar-refractivity contribution in [3.63, 3.8) is 0 Å². The van der Waals surface area contributed by atoms with Gasteiger partial charge in [-0.1, -0.05) is 24.3 Å². The first kappa shape index (κ1) is 39.1. The van der Waals surface area contributed by atoms with Gasteiger partial charge in [0.25, 0.3) is 6.43 Å². The molecule has 2 aliphatic rings. The molecule has 2 aliphatic heterocycles. The summed E-state index contributed by atoms with van der Waals surface area (Å²) in [6.45, 7) is 3.83. The number of likely N-dealkylation sites (tertiary alicyclic amines) is 2. The van der Waals surface area contributed by atoms with Crippen LogP contribution in [0.3, 0.4) is 0 Å². The fourth-order valence-electron chi connectivity index (χ4n) is 7.94. The number of pyridine rings is 1. The van der Waals surface area contributed by atoms with Crippen LogP contribution in [-0.4, -0.2) is 84.8 Å². The zero-order valence-electron chi connectivity index (χ0n) is 31.8. The van der Waals surface area contributed by atoms with Crippen LogP contribution in [0.2, 0.25) is 0 Å². The van der Waals surface area contributed by atoms with Crippen molar-refractivity contribution in [3.8, 4) is 28.3 Å². The number of fused-ring (bicyclic) bond motifs is 2. The largest absolute Gasteiger partial charge is 0.481 e. The van der Waals surface area contributed by atoms with Crippen LogP contribution < -0.4 is 10.1 Å². The number of ether oxygens (including phenoxy) is 1. The summed E-state index contributed by atoms with van der Waals surface area (Å²) < 4.78 is 66.3. The van der Waals surface area contributed by atoms with E-state index >= 15 is 0 Å². The van der Waals surface area contributed by atoms with Crippen LogP contribution in [0.4, 0.5) is 29.1 Å². The van der Waals surface area contributed by atoms with Crippen molar-refractivity contribution in [2.24, 2.45) is 5.92 Å². The van der Waals surface area contributed by atoms with E-state index < -0.39 is 36.9 Å². The highest BCUT2D eigenvalue weighted by Crippen LogP contribution is 2.39. The maximum atomic E-state index is 14.1. The number of nitrogens with one attached hydrogen (secondary N) is 1. The number of anilines is 2. The second-order valence-electron chi connectivity index (χ2n) is 14.9. The lowest BCUT2D eigenvalue weighted by Crippen LogP contribution is -2.35. The van der Waals surface area contributed by atoms with Crippen molar-refractivity contribution in [2.45, 2.75) is 65.3 Å². The normalized spacial score (nSPS) is 16.9. The average Bonchev–Trinajstić information content (AvgIpc) is 3.80. The van der Waals surface area contributed by atoms with E-state index in [-0.39, 0.29) is 35.1 Å². The zero-order chi connectivity index (χ0) is 40.7. The number of benzene rings is 3. The maximum absolute atomic E-state index is 14.1. The summed E-state index contributed by atoms with van der Waals surface area (Å²) in [5.74, 6) is -1.50. The number of β-amino-alcohol motifs (C(OH)–C–C–N with tert-alkyl or cyclic N) is 1. The van der Waals surface area contributed by atoms with Gasteiger partial charge < -0.3 is 24.7 Å². The average molecular weight is 800 g/mol. The van der Waals surface area contributed by atoms with Crippen molar-refractivity contribution in [2.75, 3.05) is 31.5 Å². The first-order valence-corrected chi connectivity index (χ1v) is 19.1. The lowest BCUT2D eigenvalue weighted by atomic mass is 9.93.